The van der Waals surface area contributed by atoms with E-state index in [1.807, 2.05) is 6.07 Å². The monoisotopic (exact) mass is 340 g/mol. The van der Waals surface area contributed by atoms with Crippen molar-refractivity contribution in [2.24, 2.45) is 0 Å². The van der Waals surface area contributed by atoms with Gasteiger partial charge in [-0.1, -0.05) is 15.9 Å². The van der Waals surface area contributed by atoms with Gasteiger partial charge in [-0.2, -0.15) is 13.2 Å². The van der Waals surface area contributed by atoms with Crippen molar-refractivity contribution in [2.75, 3.05) is 19.8 Å². The topological polar surface area (TPSA) is 38.7 Å². The number of rotatable bonds is 4. The molecule has 0 saturated heterocycles. The largest absolute Gasteiger partial charge is 0.493 e. The van der Waals surface area contributed by atoms with Gasteiger partial charge in [-0.3, -0.25) is 0 Å². The highest BCUT2D eigenvalue weighted by Crippen LogP contribution is 2.36. The predicted octanol–water partition coefficient (Wildman–Crippen LogP) is 3.00. The fourth-order valence-electron chi connectivity index (χ4n) is 1.92. The fourth-order valence-corrected chi connectivity index (χ4v) is 2.44. The summed E-state index contributed by atoms with van der Waals surface area (Å²) in [5, 5.41) is 9.91. The second kappa shape index (κ2) is 5.68. The Kier molecular flexibility index (Phi) is 4.37. The molecule has 19 heavy (non-hydrogen) atoms. The maximum Gasteiger partial charge on any atom is 0.411 e. The molecule has 0 amide bonds. The van der Waals surface area contributed by atoms with E-state index < -0.39 is 25.5 Å². The average Bonchev–Trinajstić information content (AvgIpc) is 2.73. The van der Waals surface area contributed by atoms with Crippen molar-refractivity contribution in [3.05, 3.63) is 27.7 Å². The third kappa shape index (κ3) is 3.84. The van der Waals surface area contributed by atoms with E-state index in [0.717, 1.165) is 16.5 Å². The zero-order valence-corrected chi connectivity index (χ0v) is 11.4. The standard InChI is InChI=1S/C12H12BrF3O3/c13-8-3-7-1-2-19-11(7)9(4-8)10(17)5-18-6-12(14,15)16/h3-4,10,17H,1-2,5-6H2. The molecule has 2 rings (SSSR count). The second-order valence-electron chi connectivity index (χ2n) is 4.23. The first-order chi connectivity index (χ1) is 8.87. The Morgan fingerprint density at radius 2 is 2.16 bits per heavy atom. The molecule has 1 aliphatic heterocycles. The van der Waals surface area contributed by atoms with Crippen LogP contribution in [0, 0.1) is 0 Å². The molecule has 1 unspecified atom stereocenters. The van der Waals surface area contributed by atoms with E-state index >= 15 is 0 Å². The number of hydrogen-bond acceptors (Lipinski definition) is 3. The maximum absolute atomic E-state index is 12.0. The van der Waals surface area contributed by atoms with Crippen LogP contribution in [-0.4, -0.2) is 31.1 Å². The fraction of sp³-hybridized carbons (Fsp3) is 0.500. The van der Waals surface area contributed by atoms with Crippen molar-refractivity contribution in [2.45, 2.75) is 18.7 Å². The molecule has 1 aliphatic rings. The van der Waals surface area contributed by atoms with Gasteiger partial charge in [0.05, 0.1) is 13.2 Å². The van der Waals surface area contributed by atoms with Gasteiger partial charge in [0.2, 0.25) is 0 Å². The van der Waals surface area contributed by atoms with E-state index in [1.54, 1.807) is 6.07 Å². The SMILES string of the molecule is OC(COCC(F)(F)F)c1cc(Br)cc2c1OCC2. The number of fused-ring (bicyclic) bond motifs is 1. The molecule has 0 saturated carbocycles. The highest BCUT2D eigenvalue weighted by molar-refractivity contribution is 9.10. The van der Waals surface area contributed by atoms with Gasteiger partial charge in [0, 0.05) is 16.5 Å². The van der Waals surface area contributed by atoms with Crippen LogP contribution in [0.2, 0.25) is 0 Å². The molecule has 0 bridgehead atoms. The second-order valence-corrected chi connectivity index (χ2v) is 5.14. The molecule has 0 spiro atoms. The zero-order chi connectivity index (χ0) is 14.0. The Balaban J connectivity index is 2.05. The summed E-state index contributed by atoms with van der Waals surface area (Å²) in [6.45, 7) is -1.29. The minimum atomic E-state index is -4.39. The maximum atomic E-state index is 12.0. The number of halogens is 4. The van der Waals surface area contributed by atoms with E-state index in [-0.39, 0.29) is 0 Å². The first-order valence-electron chi connectivity index (χ1n) is 5.64. The highest BCUT2D eigenvalue weighted by Gasteiger charge is 2.29. The molecule has 106 valence electrons. The summed E-state index contributed by atoms with van der Waals surface area (Å²) < 4.78 is 46.5. The van der Waals surface area contributed by atoms with Gasteiger partial charge in [0.15, 0.2) is 0 Å². The quantitative estimate of drug-likeness (QED) is 0.915. The normalized spacial score (nSPS) is 16.1. The number of aliphatic hydroxyl groups excluding tert-OH is 1. The van der Waals surface area contributed by atoms with E-state index in [0.29, 0.717) is 17.9 Å². The Labute approximate surface area is 116 Å². The number of hydrogen-bond donors (Lipinski definition) is 1. The van der Waals surface area contributed by atoms with Crippen LogP contribution in [0.1, 0.15) is 17.2 Å². The lowest BCUT2D eigenvalue weighted by molar-refractivity contribution is -0.179. The summed E-state index contributed by atoms with van der Waals surface area (Å²) in [7, 11) is 0. The Bertz CT molecular complexity index is 462. The van der Waals surface area contributed by atoms with Crippen LogP contribution in [0.4, 0.5) is 13.2 Å². The lowest BCUT2D eigenvalue weighted by atomic mass is 10.0. The summed E-state index contributed by atoms with van der Waals surface area (Å²) >= 11 is 3.30. The minimum absolute atomic E-state index is 0.425. The van der Waals surface area contributed by atoms with Gasteiger partial charge >= 0.3 is 6.18 Å². The summed E-state index contributed by atoms with van der Waals surface area (Å²) in [5.41, 5.74) is 1.38. The van der Waals surface area contributed by atoms with Crippen LogP contribution in [-0.2, 0) is 11.2 Å². The van der Waals surface area contributed by atoms with Crippen LogP contribution >= 0.6 is 15.9 Å². The van der Waals surface area contributed by atoms with Gasteiger partial charge in [-0.05, 0) is 17.7 Å². The van der Waals surface area contributed by atoms with Crippen LogP contribution in [0.3, 0.4) is 0 Å². The molecule has 0 aromatic heterocycles. The Morgan fingerprint density at radius 1 is 1.42 bits per heavy atom. The number of benzene rings is 1. The van der Waals surface area contributed by atoms with Crippen molar-refractivity contribution < 1.29 is 27.8 Å². The van der Waals surface area contributed by atoms with Gasteiger partial charge in [-0.25, -0.2) is 0 Å². The van der Waals surface area contributed by atoms with E-state index in [1.165, 1.54) is 0 Å². The predicted molar refractivity (Wildman–Crippen MR) is 65.2 cm³/mol. The molecule has 0 aliphatic carbocycles. The van der Waals surface area contributed by atoms with Crippen molar-refractivity contribution in [3.8, 4) is 5.75 Å². The molecule has 1 atom stereocenters. The van der Waals surface area contributed by atoms with E-state index in [9.17, 15) is 18.3 Å². The van der Waals surface area contributed by atoms with Crippen LogP contribution in [0.25, 0.3) is 0 Å². The number of aliphatic hydroxyl groups is 1. The Morgan fingerprint density at radius 3 is 2.84 bits per heavy atom. The van der Waals surface area contributed by atoms with Gasteiger partial charge < -0.3 is 14.6 Å². The smallest absolute Gasteiger partial charge is 0.411 e. The molecule has 0 fully saturated rings. The lowest BCUT2D eigenvalue weighted by Gasteiger charge is -2.16. The molecule has 1 N–H and O–H groups in total. The van der Waals surface area contributed by atoms with Crippen molar-refractivity contribution in [3.63, 3.8) is 0 Å². The third-order valence-electron chi connectivity index (χ3n) is 2.68. The van der Waals surface area contributed by atoms with E-state index in [4.69, 9.17) is 4.74 Å². The summed E-state index contributed by atoms with van der Waals surface area (Å²) in [5.74, 6) is 0.548. The Hall–Kier alpha value is -0.790. The van der Waals surface area contributed by atoms with Crippen molar-refractivity contribution in [1.29, 1.82) is 0 Å². The lowest BCUT2D eigenvalue weighted by Crippen LogP contribution is -2.19. The average molecular weight is 341 g/mol. The minimum Gasteiger partial charge on any atom is -0.493 e. The molecule has 1 aromatic carbocycles. The molecule has 3 nitrogen and oxygen atoms in total. The number of alkyl halides is 3. The van der Waals surface area contributed by atoms with Crippen molar-refractivity contribution in [1.82, 2.24) is 0 Å². The molecule has 1 heterocycles. The summed E-state index contributed by atoms with van der Waals surface area (Å²) in [6.07, 6.45) is -4.82. The molecular formula is C12H12BrF3O3. The molecular weight excluding hydrogens is 329 g/mol. The first-order valence-corrected chi connectivity index (χ1v) is 6.44. The van der Waals surface area contributed by atoms with E-state index in [2.05, 4.69) is 20.7 Å². The summed E-state index contributed by atoms with van der Waals surface area (Å²) in [6, 6.07) is 3.50. The van der Waals surface area contributed by atoms with Crippen LogP contribution in [0.15, 0.2) is 16.6 Å². The third-order valence-corrected chi connectivity index (χ3v) is 3.14. The van der Waals surface area contributed by atoms with Gasteiger partial charge in [0.25, 0.3) is 0 Å². The van der Waals surface area contributed by atoms with Crippen LogP contribution in [0.5, 0.6) is 5.75 Å². The zero-order valence-electron chi connectivity index (χ0n) is 9.84. The first kappa shape index (κ1) is 14.6. The number of ether oxygens (including phenoxy) is 2. The van der Waals surface area contributed by atoms with Crippen molar-refractivity contribution >= 4 is 15.9 Å². The molecule has 0 radical (unpaired) electrons. The summed E-state index contributed by atoms with van der Waals surface area (Å²) in [4.78, 5) is 0. The molecule has 7 heteroatoms. The van der Waals surface area contributed by atoms with Gasteiger partial charge in [-0.15, -0.1) is 0 Å². The molecule has 1 aromatic rings. The van der Waals surface area contributed by atoms with Gasteiger partial charge in [0.1, 0.15) is 18.5 Å². The van der Waals surface area contributed by atoms with Crippen LogP contribution < -0.4 is 4.74 Å². The highest BCUT2D eigenvalue weighted by atomic mass is 79.9.